The second-order valence-electron chi connectivity index (χ2n) is 1.90. The fourth-order valence-electron chi connectivity index (χ4n) is 0.430. The van der Waals surface area contributed by atoms with Crippen LogP contribution in [0.4, 0.5) is 0 Å². The summed E-state index contributed by atoms with van der Waals surface area (Å²) in [6.07, 6.45) is 4.80. The van der Waals surface area contributed by atoms with Gasteiger partial charge in [-0.3, -0.25) is 4.79 Å². The van der Waals surface area contributed by atoms with Crippen LogP contribution in [0.2, 0.25) is 0 Å². The molecule has 3 nitrogen and oxygen atoms in total. The van der Waals surface area contributed by atoms with Crippen molar-refractivity contribution < 1.29 is 14.3 Å². The highest BCUT2D eigenvalue weighted by molar-refractivity contribution is 5.82. The molecule has 0 N–H and O–H groups in total. The third-order valence-electron chi connectivity index (χ3n) is 1.01. The molecule has 0 aromatic carbocycles. The first-order valence-corrected chi connectivity index (χ1v) is 3.08. The maximum atomic E-state index is 10.5. The summed E-state index contributed by atoms with van der Waals surface area (Å²) in [7, 11) is 1.30. The summed E-state index contributed by atoms with van der Waals surface area (Å²) in [5.41, 5.74) is 0.713. The summed E-state index contributed by atoms with van der Waals surface area (Å²) in [6, 6.07) is 0. The molecule has 0 fully saturated rings. The number of allylic oxidation sites excluding steroid dienone is 3. The minimum absolute atomic E-state index is 0.427. The van der Waals surface area contributed by atoms with Gasteiger partial charge in [0.2, 0.25) is 0 Å². The van der Waals surface area contributed by atoms with Crippen LogP contribution in [-0.2, 0) is 14.3 Å². The van der Waals surface area contributed by atoms with Crippen LogP contribution in [0.1, 0.15) is 6.92 Å². The molecule has 0 heterocycles. The number of aldehydes is 1. The minimum atomic E-state index is -0.427. The van der Waals surface area contributed by atoms with Gasteiger partial charge in [-0.2, -0.15) is 0 Å². The van der Waals surface area contributed by atoms with E-state index in [2.05, 4.69) is 4.74 Å². The van der Waals surface area contributed by atoms with Crippen molar-refractivity contribution in [2.45, 2.75) is 6.92 Å². The van der Waals surface area contributed by atoms with Crippen LogP contribution in [0, 0.1) is 0 Å². The topological polar surface area (TPSA) is 43.4 Å². The Morgan fingerprint density at radius 2 is 2.00 bits per heavy atom. The second-order valence-corrected chi connectivity index (χ2v) is 1.90. The van der Waals surface area contributed by atoms with Crippen LogP contribution in [0.3, 0.4) is 0 Å². The number of esters is 1. The molecule has 0 aliphatic carbocycles. The van der Waals surface area contributed by atoms with Gasteiger partial charge in [-0.25, -0.2) is 4.79 Å². The van der Waals surface area contributed by atoms with Crippen molar-refractivity contribution in [3.63, 3.8) is 0 Å². The lowest BCUT2D eigenvalue weighted by molar-refractivity contribution is -0.134. The Bertz CT molecular complexity index is 201. The van der Waals surface area contributed by atoms with Crippen molar-refractivity contribution in [1.82, 2.24) is 0 Å². The Labute approximate surface area is 65.4 Å². The van der Waals surface area contributed by atoms with Gasteiger partial charge in [0, 0.05) is 6.08 Å². The highest BCUT2D eigenvalue weighted by Crippen LogP contribution is 1.92. The largest absolute Gasteiger partial charge is 0.466 e. The van der Waals surface area contributed by atoms with Gasteiger partial charge in [0.1, 0.15) is 6.29 Å². The van der Waals surface area contributed by atoms with E-state index in [4.69, 9.17) is 0 Å². The summed E-state index contributed by atoms with van der Waals surface area (Å²) in [6.45, 7) is 1.72. The van der Waals surface area contributed by atoms with E-state index in [1.807, 2.05) is 0 Å². The van der Waals surface area contributed by atoms with Gasteiger partial charge in [0.05, 0.1) is 7.11 Å². The van der Waals surface area contributed by atoms with Crippen LogP contribution in [0.5, 0.6) is 0 Å². The van der Waals surface area contributed by atoms with E-state index in [0.717, 1.165) is 0 Å². The SMILES string of the molecule is COC(=O)/C=C/C(C)=C/C=O. The molecular weight excluding hydrogens is 144 g/mol. The fourth-order valence-corrected chi connectivity index (χ4v) is 0.430. The molecule has 0 atom stereocenters. The Morgan fingerprint density at radius 1 is 1.36 bits per heavy atom. The molecule has 0 aliphatic rings. The molecule has 0 saturated heterocycles. The van der Waals surface area contributed by atoms with Gasteiger partial charge in [0.15, 0.2) is 0 Å². The van der Waals surface area contributed by atoms with Gasteiger partial charge in [-0.05, 0) is 18.6 Å². The number of hydrogen-bond donors (Lipinski definition) is 0. The molecule has 60 valence electrons. The van der Waals surface area contributed by atoms with Gasteiger partial charge < -0.3 is 4.74 Å². The molecule has 0 rings (SSSR count). The molecule has 0 radical (unpaired) electrons. The van der Waals surface area contributed by atoms with E-state index in [9.17, 15) is 9.59 Å². The zero-order valence-electron chi connectivity index (χ0n) is 6.53. The molecule has 0 bridgehead atoms. The summed E-state index contributed by atoms with van der Waals surface area (Å²) in [4.78, 5) is 20.4. The van der Waals surface area contributed by atoms with Crippen molar-refractivity contribution >= 4 is 12.3 Å². The monoisotopic (exact) mass is 154 g/mol. The molecular formula is C8H10O3. The first kappa shape index (κ1) is 9.62. The van der Waals surface area contributed by atoms with E-state index >= 15 is 0 Å². The number of carbonyl (C=O) groups is 2. The van der Waals surface area contributed by atoms with Crippen molar-refractivity contribution in [1.29, 1.82) is 0 Å². The second kappa shape index (κ2) is 5.41. The molecule has 0 unspecified atom stereocenters. The third kappa shape index (κ3) is 5.08. The smallest absolute Gasteiger partial charge is 0.330 e. The summed E-state index contributed by atoms with van der Waals surface area (Å²) >= 11 is 0. The first-order chi connectivity index (χ1) is 5.20. The molecule has 0 aliphatic heterocycles. The molecule has 0 aromatic rings. The van der Waals surface area contributed by atoms with E-state index in [1.54, 1.807) is 6.92 Å². The standard InChI is InChI=1S/C8H10O3/c1-7(5-6-9)3-4-8(10)11-2/h3-6H,1-2H3/b4-3+,7-5+. The van der Waals surface area contributed by atoms with Gasteiger partial charge >= 0.3 is 5.97 Å². The van der Waals surface area contributed by atoms with E-state index < -0.39 is 5.97 Å². The zero-order chi connectivity index (χ0) is 8.69. The van der Waals surface area contributed by atoms with E-state index in [1.165, 1.54) is 25.3 Å². The molecule has 0 amide bonds. The third-order valence-corrected chi connectivity index (χ3v) is 1.01. The van der Waals surface area contributed by atoms with Gasteiger partial charge in [0.25, 0.3) is 0 Å². The van der Waals surface area contributed by atoms with Crippen LogP contribution >= 0.6 is 0 Å². The lowest BCUT2D eigenvalue weighted by Gasteiger charge is -1.89. The summed E-state index contributed by atoms with van der Waals surface area (Å²) < 4.78 is 4.34. The first-order valence-electron chi connectivity index (χ1n) is 3.08. The van der Waals surface area contributed by atoms with Crippen molar-refractivity contribution in [3.05, 3.63) is 23.8 Å². The molecule has 0 saturated carbocycles. The van der Waals surface area contributed by atoms with Crippen LogP contribution in [0.15, 0.2) is 23.8 Å². The average Bonchev–Trinajstić information content (AvgIpc) is 2.01. The van der Waals surface area contributed by atoms with E-state index in [0.29, 0.717) is 11.9 Å². The van der Waals surface area contributed by atoms with E-state index in [-0.39, 0.29) is 0 Å². The Hall–Kier alpha value is -1.38. The molecule has 11 heavy (non-hydrogen) atoms. The number of carbonyl (C=O) groups excluding carboxylic acids is 2. The zero-order valence-corrected chi connectivity index (χ0v) is 6.53. The number of methoxy groups -OCH3 is 1. The average molecular weight is 154 g/mol. The minimum Gasteiger partial charge on any atom is -0.466 e. The predicted molar refractivity (Wildman–Crippen MR) is 41.0 cm³/mol. The van der Waals surface area contributed by atoms with Gasteiger partial charge in [-0.1, -0.05) is 6.08 Å². The quantitative estimate of drug-likeness (QED) is 0.262. The summed E-state index contributed by atoms with van der Waals surface area (Å²) in [5.74, 6) is -0.427. The highest BCUT2D eigenvalue weighted by Gasteiger charge is 1.89. The predicted octanol–water partition coefficient (Wildman–Crippen LogP) is 0.861. The normalized spacial score (nSPS) is 11.6. The lowest BCUT2D eigenvalue weighted by atomic mass is 10.2. The number of ether oxygens (including phenoxy) is 1. The summed E-state index contributed by atoms with van der Waals surface area (Å²) in [5, 5.41) is 0. The van der Waals surface area contributed by atoms with Crippen LogP contribution < -0.4 is 0 Å². The molecule has 3 heteroatoms. The number of hydrogen-bond acceptors (Lipinski definition) is 3. The van der Waals surface area contributed by atoms with Crippen LogP contribution in [0.25, 0.3) is 0 Å². The fraction of sp³-hybridized carbons (Fsp3) is 0.250. The Kier molecular flexibility index (Phi) is 4.73. The molecule has 0 aromatic heterocycles. The maximum Gasteiger partial charge on any atom is 0.330 e. The molecule has 0 spiro atoms. The van der Waals surface area contributed by atoms with Gasteiger partial charge in [-0.15, -0.1) is 0 Å². The van der Waals surface area contributed by atoms with Crippen molar-refractivity contribution in [3.8, 4) is 0 Å². The Balaban J connectivity index is 4.02. The van der Waals surface area contributed by atoms with Crippen molar-refractivity contribution in [2.75, 3.05) is 7.11 Å². The lowest BCUT2D eigenvalue weighted by Crippen LogP contribution is -1.93. The maximum absolute atomic E-state index is 10.5. The van der Waals surface area contributed by atoms with Crippen molar-refractivity contribution in [2.24, 2.45) is 0 Å². The van der Waals surface area contributed by atoms with Crippen LogP contribution in [-0.4, -0.2) is 19.4 Å². The highest BCUT2D eigenvalue weighted by atomic mass is 16.5. The Morgan fingerprint density at radius 3 is 2.45 bits per heavy atom. The number of rotatable bonds is 3.